The Morgan fingerprint density at radius 1 is 1.18 bits per heavy atom. The van der Waals surface area contributed by atoms with Crippen LogP contribution in [0.2, 0.25) is 0 Å². The molecule has 14 heteroatoms. The molecule has 0 radical (unpaired) electrons. The predicted molar refractivity (Wildman–Crippen MR) is 109 cm³/mol. The first-order valence-electron chi connectivity index (χ1n) is 9.23. The van der Waals surface area contributed by atoms with Crippen LogP contribution in [0.5, 0.6) is 0 Å². The summed E-state index contributed by atoms with van der Waals surface area (Å²) in [5.74, 6) is -0.186. The van der Waals surface area contributed by atoms with Crippen LogP contribution in [0.25, 0.3) is 22.3 Å². The summed E-state index contributed by atoms with van der Waals surface area (Å²) in [7, 11) is -3.96. The maximum Gasteiger partial charge on any atom is 0.419 e. The van der Waals surface area contributed by atoms with Crippen molar-refractivity contribution in [2.45, 2.75) is 25.2 Å². The number of rotatable bonds is 4. The summed E-state index contributed by atoms with van der Waals surface area (Å²) in [4.78, 5) is 26.5. The Morgan fingerprint density at radius 3 is 2.52 bits per heavy atom. The van der Waals surface area contributed by atoms with Crippen molar-refractivity contribution >= 4 is 32.5 Å². The van der Waals surface area contributed by atoms with Gasteiger partial charge in [0.25, 0.3) is 5.91 Å². The van der Waals surface area contributed by atoms with Crippen LogP contribution in [0.1, 0.15) is 27.5 Å². The van der Waals surface area contributed by atoms with Crippen LogP contribution >= 0.6 is 0 Å². The lowest BCUT2D eigenvalue weighted by Crippen LogP contribution is -2.14. The first-order valence-corrected chi connectivity index (χ1v) is 11.1. The number of nitrogens with zero attached hydrogens (tertiary/aromatic N) is 4. The topological polar surface area (TPSA) is 144 Å². The van der Waals surface area contributed by atoms with Crippen LogP contribution in [0.4, 0.5) is 18.9 Å². The number of halogens is 3. The van der Waals surface area contributed by atoms with Crippen LogP contribution in [0, 0.1) is 13.8 Å². The Balaban J connectivity index is 1.79. The van der Waals surface area contributed by atoms with Gasteiger partial charge in [-0.1, -0.05) is 5.16 Å². The molecule has 0 aromatic carbocycles. The van der Waals surface area contributed by atoms with E-state index in [-0.39, 0.29) is 22.3 Å². The first kappa shape index (κ1) is 22.4. The number of sulfone groups is 1. The van der Waals surface area contributed by atoms with Crippen molar-refractivity contribution in [3.8, 4) is 11.3 Å². The molecule has 0 atom stereocenters. The second-order valence-corrected chi connectivity index (χ2v) is 9.04. The quantitative estimate of drug-likeness (QED) is 0.424. The number of H-pyrrole nitrogens is 1. The Bertz CT molecular complexity index is 1490. The number of anilines is 1. The van der Waals surface area contributed by atoms with Gasteiger partial charge in [-0.05, 0) is 26.0 Å². The number of fused-ring (bicyclic) bond motifs is 1. The third kappa shape index (κ3) is 4.16. The summed E-state index contributed by atoms with van der Waals surface area (Å²) in [5, 5.41) is 5.82. The van der Waals surface area contributed by atoms with Crippen LogP contribution in [0.15, 0.2) is 34.2 Å². The molecule has 0 bridgehead atoms. The van der Waals surface area contributed by atoms with E-state index in [2.05, 4.69) is 30.4 Å². The van der Waals surface area contributed by atoms with Gasteiger partial charge in [-0.3, -0.25) is 4.79 Å². The number of hydrogen-bond acceptors (Lipinski definition) is 8. The minimum atomic E-state index is -4.84. The lowest BCUT2D eigenvalue weighted by molar-refractivity contribution is -0.137. The zero-order valence-electron chi connectivity index (χ0n) is 17.3. The molecule has 0 aliphatic carbocycles. The van der Waals surface area contributed by atoms with E-state index in [1.165, 1.54) is 18.3 Å². The molecule has 4 aromatic heterocycles. The third-order valence-corrected chi connectivity index (χ3v) is 5.56. The predicted octanol–water partition coefficient (Wildman–Crippen LogP) is 3.30. The minimum Gasteiger partial charge on any atom is -0.359 e. The average molecular weight is 480 g/mol. The van der Waals surface area contributed by atoms with Crippen LogP contribution in [-0.4, -0.2) is 45.7 Å². The number of carbonyl (C=O) groups is 1. The number of hydrogen-bond donors (Lipinski definition) is 2. The van der Waals surface area contributed by atoms with Gasteiger partial charge in [-0.25, -0.2) is 23.4 Å². The zero-order valence-corrected chi connectivity index (χ0v) is 18.1. The highest BCUT2D eigenvalue weighted by Crippen LogP contribution is 2.38. The third-order valence-electron chi connectivity index (χ3n) is 4.70. The fourth-order valence-electron chi connectivity index (χ4n) is 3.12. The number of amides is 1. The number of pyridine rings is 1. The molecule has 0 spiro atoms. The second kappa shape index (κ2) is 7.65. The summed E-state index contributed by atoms with van der Waals surface area (Å²) in [5.41, 5.74) is -0.951. The van der Waals surface area contributed by atoms with Crippen LogP contribution in [0.3, 0.4) is 0 Å². The van der Waals surface area contributed by atoms with Gasteiger partial charge < -0.3 is 14.8 Å². The van der Waals surface area contributed by atoms with E-state index < -0.39 is 38.3 Å². The normalized spacial score (nSPS) is 12.3. The van der Waals surface area contributed by atoms with E-state index in [1.54, 1.807) is 13.8 Å². The van der Waals surface area contributed by atoms with E-state index in [4.69, 9.17) is 4.52 Å². The van der Waals surface area contributed by atoms with Gasteiger partial charge in [-0.15, -0.1) is 0 Å². The van der Waals surface area contributed by atoms with Gasteiger partial charge >= 0.3 is 6.18 Å². The van der Waals surface area contributed by atoms with Crippen molar-refractivity contribution in [3.63, 3.8) is 0 Å². The van der Waals surface area contributed by atoms with E-state index in [9.17, 15) is 26.4 Å². The smallest absolute Gasteiger partial charge is 0.359 e. The van der Waals surface area contributed by atoms with Gasteiger partial charge in [0.2, 0.25) is 15.0 Å². The van der Waals surface area contributed by atoms with Crippen LogP contribution in [-0.2, 0) is 16.0 Å². The van der Waals surface area contributed by atoms with Crippen molar-refractivity contribution in [3.05, 3.63) is 47.2 Å². The summed E-state index contributed by atoms with van der Waals surface area (Å²) < 4.78 is 69.3. The molecule has 172 valence electrons. The molecule has 2 N–H and O–H groups in total. The lowest BCUT2D eigenvalue weighted by atomic mass is 10.1. The summed E-state index contributed by atoms with van der Waals surface area (Å²) in [6.45, 7) is 3.26. The molecule has 0 fully saturated rings. The zero-order chi connectivity index (χ0) is 24.1. The number of carbonyl (C=O) groups excluding carboxylic acids is 1. The largest absolute Gasteiger partial charge is 0.419 e. The first-order chi connectivity index (χ1) is 15.4. The average Bonchev–Trinajstić information content (AvgIpc) is 3.29. The van der Waals surface area contributed by atoms with Gasteiger partial charge in [-0.2, -0.15) is 13.2 Å². The van der Waals surface area contributed by atoms with Crippen molar-refractivity contribution < 1.29 is 30.9 Å². The molecule has 0 saturated carbocycles. The molecule has 0 unspecified atom stereocenters. The Kier molecular flexibility index (Phi) is 5.19. The maximum absolute atomic E-state index is 13.6. The molecule has 1 amide bonds. The SMILES string of the molecule is Cc1noc(C)c1NC(=O)c1ccc2c(-c3nc(S(C)(=O)=O)ncc3C(F)(F)F)c[nH]c2n1. The van der Waals surface area contributed by atoms with Gasteiger partial charge in [0.1, 0.15) is 28.3 Å². The molecule has 0 aliphatic rings. The Hall–Kier alpha value is -3.81. The molecular formula is C19H15F3N6O4S. The van der Waals surface area contributed by atoms with E-state index in [0.717, 1.165) is 6.26 Å². The summed E-state index contributed by atoms with van der Waals surface area (Å²) in [6, 6.07) is 2.71. The Morgan fingerprint density at radius 2 is 1.91 bits per heavy atom. The van der Waals surface area contributed by atoms with Crippen molar-refractivity contribution in [2.24, 2.45) is 0 Å². The van der Waals surface area contributed by atoms with Gasteiger partial charge in [0.15, 0.2) is 5.76 Å². The number of aryl methyl sites for hydroxylation is 2. The van der Waals surface area contributed by atoms with Crippen molar-refractivity contribution in [1.82, 2.24) is 25.1 Å². The standard InChI is InChI=1S/C19H15F3N6O4S/c1-8-14(9(2)32-28-8)26-17(29)13-5-4-10-11(6-23-16(10)25-13)15-12(19(20,21)22)7-24-18(27-15)33(3,30)31/h4-7H,1-3H3,(H,23,25)(H,26,29). The van der Waals surface area contributed by atoms with Crippen molar-refractivity contribution in [2.75, 3.05) is 11.6 Å². The fourth-order valence-corrected chi connectivity index (χ4v) is 3.62. The summed E-state index contributed by atoms with van der Waals surface area (Å²) in [6.07, 6.45) is -2.41. The highest BCUT2D eigenvalue weighted by atomic mass is 32.2. The maximum atomic E-state index is 13.6. The molecular weight excluding hydrogens is 465 g/mol. The number of aromatic nitrogens is 5. The highest BCUT2D eigenvalue weighted by Gasteiger charge is 2.36. The van der Waals surface area contributed by atoms with Crippen LogP contribution < -0.4 is 5.32 Å². The number of alkyl halides is 3. The molecule has 10 nitrogen and oxygen atoms in total. The van der Waals surface area contributed by atoms with E-state index >= 15 is 0 Å². The van der Waals surface area contributed by atoms with Gasteiger partial charge in [0, 0.05) is 29.6 Å². The monoisotopic (exact) mass is 480 g/mol. The lowest BCUT2D eigenvalue weighted by Gasteiger charge is -2.12. The molecule has 4 aromatic rings. The molecule has 0 aliphatic heterocycles. The fraction of sp³-hybridized carbons (Fsp3) is 0.211. The second-order valence-electron chi connectivity index (χ2n) is 7.13. The molecule has 33 heavy (non-hydrogen) atoms. The molecule has 4 rings (SSSR count). The number of nitrogens with one attached hydrogen (secondary N) is 2. The summed E-state index contributed by atoms with van der Waals surface area (Å²) >= 11 is 0. The molecule has 4 heterocycles. The number of aromatic amines is 1. The van der Waals surface area contributed by atoms with E-state index in [0.29, 0.717) is 23.3 Å². The van der Waals surface area contributed by atoms with Crippen molar-refractivity contribution in [1.29, 1.82) is 0 Å². The van der Waals surface area contributed by atoms with E-state index in [1.807, 2.05) is 0 Å². The highest BCUT2D eigenvalue weighted by molar-refractivity contribution is 7.90. The minimum absolute atomic E-state index is 0.0218. The molecule has 0 saturated heterocycles. The van der Waals surface area contributed by atoms with Gasteiger partial charge in [0.05, 0.1) is 5.69 Å². The Labute approximate surface area is 184 Å².